The zero-order valence-corrected chi connectivity index (χ0v) is 16.8. The van der Waals surface area contributed by atoms with Gasteiger partial charge in [0.05, 0.1) is 0 Å². The van der Waals surface area contributed by atoms with E-state index in [-0.39, 0.29) is 56.8 Å². The van der Waals surface area contributed by atoms with Gasteiger partial charge in [-0.15, -0.1) is 11.8 Å². The van der Waals surface area contributed by atoms with Crippen molar-refractivity contribution in [3.8, 4) is 11.1 Å². The minimum Gasteiger partial charge on any atom is -0.470 e. The van der Waals surface area contributed by atoms with Gasteiger partial charge in [0.15, 0.2) is 0 Å². The summed E-state index contributed by atoms with van der Waals surface area (Å²) in [5, 5.41) is 3.49. The Morgan fingerprint density at radius 1 is 0.909 bits per heavy atom. The van der Waals surface area contributed by atoms with Crippen LogP contribution in [-0.4, -0.2) is 5.16 Å². The number of hydrogen-bond acceptors (Lipinski definition) is 2. The topological polar surface area (TPSA) is 26.0 Å². The molecule has 1 heterocycles. The molecule has 0 aliphatic heterocycles. The van der Waals surface area contributed by atoms with Gasteiger partial charge in [-0.25, -0.2) is 5.16 Å². The number of rotatable bonds is 1. The van der Waals surface area contributed by atoms with Gasteiger partial charge < -0.3 is 4.52 Å². The van der Waals surface area contributed by atoms with Crippen LogP contribution in [-0.2, 0) is 5.41 Å². The van der Waals surface area contributed by atoms with Crippen LogP contribution in [0.3, 0.4) is 0 Å². The Bertz CT molecular complexity index is 591. The Morgan fingerprint density at radius 3 is 1.95 bits per heavy atom. The van der Waals surface area contributed by atoms with Gasteiger partial charge in [0.1, 0.15) is 0 Å². The van der Waals surface area contributed by atoms with E-state index < -0.39 is 0 Å². The molecule has 0 aliphatic carbocycles. The van der Waals surface area contributed by atoms with E-state index >= 15 is 0 Å². The smallest absolute Gasteiger partial charge is 0.470 e. The van der Waals surface area contributed by atoms with Crippen molar-refractivity contribution in [2.75, 3.05) is 0 Å². The van der Waals surface area contributed by atoms with E-state index in [1.165, 1.54) is 11.1 Å². The van der Waals surface area contributed by atoms with E-state index in [0.29, 0.717) is 0 Å². The Balaban J connectivity index is 0.000000219. The van der Waals surface area contributed by atoms with E-state index in [4.69, 9.17) is 4.52 Å². The monoisotopic (exact) mass is 316 g/mol. The first kappa shape index (κ1) is 19.3. The molecule has 3 heteroatoms. The van der Waals surface area contributed by atoms with Crippen molar-refractivity contribution in [3.63, 3.8) is 0 Å². The van der Waals surface area contributed by atoms with Crippen molar-refractivity contribution in [1.82, 2.24) is 5.16 Å². The zero-order valence-electron chi connectivity index (χ0n) is 13.6. The van der Waals surface area contributed by atoms with E-state index in [1.807, 2.05) is 30.3 Å². The maximum atomic E-state index is 4.89. The van der Waals surface area contributed by atoms with Crippen LogP contribution < -0.4 is 51.4 Å². The molecule has 0 atom stereocenters. The quantitative estimate of drug-likeness (QED) is 0.506. The molecule has 0 saturated carbocycles. The molecule has 0 unspecified atom stereocenters. The molecule has 0 aliphatic rings. The van der Waals surface area contributed by atoms with Crippen LogP contribution in [0, 0.1) is 12.3 Å². The van der Waals surface area contributed by atoms with Gasteiger partial charge in [-0.05, 0) is 16.7 Å². The van der Waals surface area contributed by atoms with Crippen LogP contribution in [0.4, 0.5) is 0 Å². The maximum absolute atomic E-state index is 4.89. The molecule has 0 bridgehead atoms. The van der Waals surface area contributed by atoms with Gasteiger partial charge in [0.2, 0.25) is 0 Å². The third-order valence-electron chi connectivity index (χ3n) is 2.96. The molecule has 2 aromatic carbocycles. The van der Waals surface area contributed by atoms with Crippen LogP contribution in [0.2, 0.25) is 0 Å². The molecule has 0 fully saturated rings. The Labute approximate surface area is 175 Å². The first-order valence-corrected chi connectivity index (χ1v) is 6.92. The predicted molar refractivity (Wildman–Crippen MR) is 84.8 cm³/mol. The van der Waals surface area contributed by atoms with Crippen molar-refractivity contribution in [3.05, 3.63) is 78.7 Å². The Kier molecular flexibility index (Phi) is 8.29. The first-order valence-electron chi connectivity index (χ1n) is 6.92. The molecule has 0 spiro atoms. The SMILES string of the molecule is CC(C)(C)c1c[c-]no1.[K+].[c-]1ccc(-c2ccccc2)cc1. The van der Waals surface area contributed by atoms with Crippen LogP contribution in [0.1, 0.15) is 26.5 Å². The van der Waals surface area contributed by atoms with E-state index in [2.05, 4.69) is 62.5 Å². The number of nitrogens with zero attached hydrogens (tertiary/aromatic N) is 1. The molecular formula is C19H19KNO-. The van der Waals surface area contributed by atoms with Crippen LogP contribution in [0.5, 0.6) is 0 Å². The molecule has 0 amide bonds. The fourth-order valence-electron chi connectivity index (χ4n) is 1.75. The van der Waals surface area contributed by atoms with Gasteiger partial charge in [-0.1, -0.05) is 51.1 Å². The Hall–Kier alpha value is -0.714. The van der Waals surface area contributed by atoms with Crippen LogP contribution in [0.25, 0.3) is 11.1 Å². The molecule has 3 rings (SSSR count). The third kappa shape index (κ3) is 6.19. The summed E-state index contributed by atoms with van der Waals surface area (Å²) >= 11 is 0. The molecule has 2 nitrogen and oxygen atoms in total. The van der Waals surface area contributed by atoms with Crippen molar-refractivity contribution in [2.45, 2.75) is 26.2 Å². The minimum atomic E-state index is 0. The molecule has 22 heavy (non-hydrogen) atoms. The van der Waals surface area contributed by atoms with Crippen molar-refractivity contribution < 1.29 is 55.9 Å². The van der Waals surface area contributed by atoms with Gasteiger partial charge >= 0.3 is 51.4 Å². The second-order valence-electron chi connectivity index (χ2n) is 5.72. The normalized spacial score (nSPS) is 10.1. The molecular weight excluding hydrogens is 297 g/mol. The van der Waals surface area contributed by atoms with E-state index in [0.717, 1.165) is 5.76 Å². The minimum absolute atomic E-state index is 0. The summed E-state index contributed by atoms with van der Waals surface area (Å²) in [6.07, 6.45) is 2.62. The largest absolute Gasteiger partial charge is 1.00 e. The van der Waals surface area contributed by atoms with Gasteiger partial charge in [0.25, 0.3) is 0 Å². The average molecular weight is 316 g/mol. The standard InChI is InChI=1S/C12H9.C7H10NO.K/c1-3-7-11(8-4-1)12-9-5-2-6-10-12;1-7(2,3)6-4-5-8-9-6;/h1,3-10H;4H,1-3H3;/q2*-1;+1. The summed E-state index contributed by atoms with van der Waals surface area (Å²) in [6.45, 7) is 6.21. The third-order valence-corrected chi connectivity index (χ3v) is 2.96. The summed E-state index contributed by atoms with van der Waals surface area (Å²) in [4.78, 5) is 0. The second kappa shape index (κ2) is 9.43. The van der Waals surface area contributed by atoms with Crippen molar-refractivity contribution in [2.24, 2.45) is 0 Å². The summed E-state index contributed by atoms with van der Waals surface area (Å²) < 4.78 is 4.89. The number of benzene rings is 2. The van der Waals surface area contributed by atoms with E-state index in [1.54, 1.807) is 6.07 Å². The summed E-state index contributed by atoms with van der Waals surface area (Å²) in [7, 11) is 0. The molecule has 0 saturated heterocycles. The average Bonchev–Trinajstić information content (AvgIpc) is 3.04. The molecule has 1 aromatic heterocycles. The molecule has 0 N–H and O–H groups in total. The number of hydrogen-bond donors (Lipinski definition) is 0. The zero-order chi connectivity index (χ0) is 15.1. The van der Waals surface area contributed by atoms with Crippen molar-refractivity contribution >= 4 is 0 Å². The second-order valence-corrected chi connectivity index (χ2v) is 5.72. The van der Waals surface area contributed by atoms with E-state index in [9.17, 15) is 0 Å². The predicted octanol–water partition coefficient (Wildman–Crippen LogP) is 1.93. The van der Waals surface area contributed by atoms with Gasteiger partial charge in [-0.2, -0.15) is 36.4 Å². The first-order chi connectivity index (χ1) is 10.1. The Morgan fingerprint density at radius 2 is 1.50 bits per heavy atom. The summed E-state index contributed by atoms with van der Waals surface area (Å²) in [5.41, 5.74) is 2.56. The molecule has 0 radical (unpaired) electrons. The van der Waals surface area contributed by atoms with Crippen LogP contribution in [0.15, 0.2) is 65.2 Å². The molecule has 108 valence electrons. The maximum Gasteiger partial charge on any atom is 1.00 e. The van der Waals surface area contributed by atoms with Gasteiger partial charge in [-0.3, -0.25) is 0 Å². The summed E-state index contributed by atoms with van der Waals surface area (Å²) in [6, 6.07) is 23.1. The fraction of sp³-hybridized carbons (Fsp3) is 0.211. The fourth-order valence-corrected chi connectivity index (χ4v) is 1.75. The van der Waals surface area contributed by atoms with Crippen molar-refractivity contribution in [1.29, 1.82) is 0 Å². The van der Waals surface area contributed by atoms with Crippen LogP contribution >= 0.6 is 0 Å². The van der Waals surface area contributed by atoms with Gasteiger partial charge in [0, 0.05) is 0 Å². The number of aromatic nitrogens is 1. The molecule has 3 aromatic rings. The summed E-state index contributed by atoms with van der Waals surface area (Å²) in [5.74, 6) is 0.877.